The molecule has 15 heavy (non-hydrogen) atoms. The Kier molecular flexibility index (Phi) is 4.81. The number of hydrogen-bond donors (Lipinski definition) is 1. The SMILES string of the molecule is CCCNc1ccc(OC)c(OCC)c1. The Balaban J connectivity index is 2.79. The Morgan fingerprint density at radius 2 is 2.00 bits per heavy atom. The Morgan fingerprint density at radius 1 is 1.20 bits per heavy atom. The van der Waals surface area contributed by atoms with Crippen molar-refractivity contribution in [2.45, 2.75) is 20.3 Å². The van der Waals surface area contributed by atoms with Gasteiger partial charge >= 0.3 is 0 Å². The van der Waals surface area contributed by atoms with Crippen LogP contribution in [-0.4, -0.2) is 20.3 Å². The number of methoxy groups -OCH3 is 1. The molecule has 1 N–H and O–H groups in total. The predicted molar refractivity (Wildman–Crippen MR) is 62.9 cm³/mol. The van der Waals surface area contributed by atoms with Crippen LogP contribution < -0.4 is 14.8 Å². The van der Waals surface area contributed by atoms with Crippen molar-refractivity contribution >= 4 is 5.69 Å². The molecule has 0 atom stereocenters. The summed E-state index contributed by atoms with van der Waals surface area (Å²) in [6, 6.07) is 5.89. The highest BCUT2D eigenvalue weighted by atomic mass is 16.5. The van der Waals surface area contributed by atoms with Crippen LogP contribution >= 0.6 is 0 Å². The van der Waals surface area contributed by atoms with Crippen LogP contribution in [0.1, 0.15) is 20.3 Å². The second kappa shape index (κ2) is 6.17. The fraction of sp³-hybridized carbons (Fsp3) is 0.500. The maximum atomic E-state index is 5.48. The van der Waals surface area contributed by atoms with E-state index in [1.165, 1.54) is 0 Å². The Morgan fingerprint density at radius 3 is 2.60 bits per heavy atom. The number of hydrogen-bond acceptors (Lipinski definition) is 3. The van der Waals surface area contributed by atoms with Gasteiger partial charge in [0.1, 0.15) is 0 Å². The van der Waals surface area contributed by atoms with Gasteiger partial charge in [-0.3, -0.25) is 0 Å². The molecule has 3 heteroatoms. The number of nitrogens with one attached hydrogen (secondary N) is 1. The van der Waals surface area contributed by atoms with E-state index < -0.39 is 0 Å². The molecule has 0 heterocycles. The van der Waals surface area contributed by atoms with Crippen molar-refractivity contribution in [1.29, 1.82) is 0 Å². The van der Waals surface area contributed by atoms with Gasteiger partial charge in [-0.15, -0.1) is 0 Å². The van der Waals surface area contributed by atoms with E-state index in [2.05, 4.69) is 12.2 Å². The Bertz CT molecular complexity index is 300. The minimum Gasteiger partial charge on any atom is -0.493 e. The zero-order chi connectivity index (χ0) is 11.1. The van der Waals surface area contributed by atoms with Gasteiger partial charge in [-0.1, -0.05) is 6.92 Å². The molecule has 84 valence electrons. The van der Waals surface area contributed by atoms with Crippen molar-refractivity contribution < 1.29 is 9.47 Å². The lowest BCUT2D eigenvalue weighted by Crippen LogP contribution is -2.01. The molecule has 0 aliphatic carbocycles. The lowest BCUT2D eigenvalue weighted by Gasteiger charge is -2.11. The summed E-state index contributed by atoms with van der Waals surface area (Å²) in [4.78, 5) is 0. The van der Waals surface area contributed by atoms with E-state index in [1.54, 1.807) is 7.11 Å². The second-order valence-corrected chi connectivity index (χ2v) is 3.23. The third kappa shape index (κ3) is 3.35. The Labute approximate surface area is 91.4 Å². The molecular formula is C12H19NO2. The molecule has 0 aliphatic rings. The first kappa shape index (κ1) is 11.7. The molecule has 0 fully saturated rings. The largest absolute Gasteiger partial charge is 0.493 e. The number of anilines is 1. The molecule has 0 radical (unpaired) electrons. The summed E-state index contributed by atoms with van der Waals surface area (Å²) in [5.41, 5.74) is 1.07. The summed E-state index contributed by atoms with van der Waals surface area (Å²) >= 11 is 0. The van der Waals surface area contributed by atoms with Gasteiger partial charge in [0.25, 0.3) is 0 Å². The van der Waals surface area contributed by atoms with Gasteiger partial charge in [0.05, 0.1) is 13.7 Å². The molecule has 3 nitrogen and oxygen atoms in total. The highest BCUT2D eigenvalue weighted by molar-refractivity contribution is 5.54. The van der Waals surface area contributed by atoms with E-state index in [-0.39, 0.29) is 0 Å². The highest BCUT2D eigenvalue weighted by Crippen LogP contribution is 2.30. The van der Waals surface area contributed by atoms with Gasteiger partial charge in [-0.2, -0.15) is 0 Å². The smallest absolute Gasteiger partial charge is 0.163 e. The van der Waals surface area contributed by atoms with Crippen molar-refractivity contribution in [1.82, 2.24) is 0 Å². The zero-order valence-corrected chi connectivity index (χ0v) is 9.67. The van der Waals surface area contributed by atoms with Crippen LogP contribution in [0.15, 0.2) is 18.2 Å². The van der Waals surface area contributed by atoms with Crippen molar-refractivity contribution in [2.24, 2.45) is 0 Å². The maximum Gasteiger partial charge on any atom is 0.163 e. The molecular weight excluding hydrogens is 190 g/mol. The zero-order valence-electron chi connectivity index (χ0n) is 9.67. The van der Waals surface area contributed by atoms with E-state index in [9.17, 15) is 0 Å². The van der Waals surface area contributed by atoms with E-state index in [0.717, 1.165) is 30.2 Å². The van der Waals surface area contributed by atoms with Crippen molar-refractivity contribution in [3.63, 3.8) is 0 Å². The van der Waals surface area contributed by atoms with Crippen LogP contribution in [0.25, 0.3) is 0 Å². The highest BCUT2D eigenvalue weighted by Gasteiger charge is 2.04. The van der Waals surface area contributed by atoms with E-state index >= 15 is 0 Å². The van der Waals surface area contributed by atoms with Crippen LogP contribution in [0, 0.1) is 0 Å². The molecule has 0 unspecified atom stereocenters. The van der Waals surface area contributed by atoms with Crippen LogP contribution in [-0.2, 0) is 0 Å². The molecule has 0 aliphatic heterocycles. The van der Waals surface area contributed by atoms with Crippen LogP contribution in [0.5, 0.6) is 11.5 Å². The van der Waals surface area contributed by atoms with Crippen LogP contribution in [0.2, 0.25) is 0 Å². The third-order valence-corrected chi connectivity index (χ3v) is 2.04. The number of ether oxygens (including phenoxy) is 2. The third-order valence-electron chi connectivity index (χ3n) is 2.04. The molecule has 0 saturated carbocycles. The quantitative estimate of drug-likeness (QED) is 0.781. The molecule has 0 amide bonds. The number of benzene rings is 1. The molecule has 0 saturated heterocycles. The first-order valence-corrected chi connectivity index (χ1v) is 5.36. The Hall–Kier alpha value is -1.38. The van der Waals surface area contributed by atoms with Gasteiger partial charge in [-0.25, -0.2) is 0 Å². The minimum absolute atomic E-state index is 0.646. The van der Waals surface area contributed by atoms with Crippen molar-refractivity contribution in [2.75, 3.05) is 25.6 Å². The van der Waals surface area contributed by atoms with Gasteiger partial charge in [-0.05, 0) is 25.5 Å². The van der Waals surface area contributed by atoms with Gasteiger partial charge in [0.2, 0.25) is 0 Å². The van der Waals surface area contributed by atoms with Gasteiger partial charge in [0.15, 0.2) is 11.5 Å². The summed E-state index contributed by atoms with van der Waals surface area (Å²) in [7, 11) is 1.65. The summed E-state index contributed by atoms with van der Waals surface area (Å²) < 4.78 is 10.7. The summed E-state index contributed by atoms with van der Waals surface area (Å²) in [5, 5.41) is 3.31. The minimum atomic E-state index is 0.646. The van der Waals surface area contributed by atoms with Crippen molar-refractivity contribution in [3.05, 3.63) is 18.2 Å². The molecule has 1 aromatic rings. The van der Waals surface area contributed by atoms with Crippen molar-refractivity contribution in [3.8, 4) is 11.5 Å². The molecule has 0 spiro atoms. The van der Waals surface area contributed by atoms with Crippen LogP contribution in [0.4, 0.5) is 5.69 Å². The molecule has 0 aromatic heterocycles. The fourth-order valence-electron chi connectivity index (χ4n) is 1.32. The fourth-order valence-corrected chi connectivity index (χ4v) is 1.32. The van der Waals surface area contributed by atoms with E-state index in [0.29, 0.717) is 6.61 Å². The predicted octanol–water partition coefficient (Wildman–Crippen LogP) is 2.92. The lowest BCUT2D eigenvalue weighted by molar-refractivity contribution is 0.311. The number of rotatable bonds is 6. The normalized spacial score (nSPS) is 9.80. The average Bonchev–Trinajstić information content (AvgIpc) is 2.27. The first-order chi connectivity index (χ1) is 7.31. The topological polar surface area (TPSA) is 30.5 Å². The summed E-state index contributed by atoms with van der Waals surface area (Å²) in [5.74, 6) is 1.57. The molecule has 1 aromatic carbocycles. The van der Waals surface area contributed by atoms with E-state index in [4.69, 9.17) is 9.47 Å². The first-order valence-electron chi connectivity index (χ1n) is 5.36. The van der Waals surface area contributed by atoms with E-state index in [1.807, 2.05) is 25.1 Å². The monoisotopic (exact) mass is 209 g/mol. The average molecular weight is 209 g/mol. The summed E-state index contributed by atoms with van der Waals surface area (Å²) in [6.45, 7) is 5.72. The van der Waals surface area contributed by atoms with Gasteiger partial charge < -0.3 is 14.8 Å². The standard InChI is InChI=1S/C12H19NO2/c1-4-8-13-10-6-7-11(14-3)12(9-10)15-5-2/h6-7,9,13H,4-5,8H2,1-3H3. The lowest BCUT2D eigenvalue weighted by atomic mass is 10.2. The molecule has 0 bridgehead atoms. The maximum absolute atomic E-state index is 5.48. The second-order valence-electron chi connectivity index (χ2n) is 3.23. The molecule has 1 rings (SSSR count). The summed E-state index contributed by atoms with van der Waals surface area (Å²) in [6.07, 6.45) is 1.11. The van der Waals surface area contributed by atoms with Crippen LogP contribution in [0.3, 0.4) is 0 Å². The van der Waals surface area contributed by atoms with Gasteiger partial charge in [0, 0.05) is 18.3 Å².